The minimum Gasteiger partial charge on any atom is -0.481 e. The standard InChI is InChI=1S/C42H37NO3S/c1-3-27(24-37-26(2)20-21-36-32-16-5-4-12-28(32)31-15-8-11-19-35(31)42(36)47-37)25-38-43(23-22-39(44)45)40-33-17-9-6-13-29(33)30-14-7-10-18-34(30)41(40)46-38/h4-19,24-26,38H,3,20-23H2,1-2H3,(H,44,45)/b27-25+,37-24-. The largest absolute Gasteiger partial charge is 0.481 e. The van der Waals surface area contributed by atoms with Crippen molar-refractivity contribution in [2.45, 2.75) is 50.7 Å². The maximum absolute atomic E-state index is 11.8. The van der Waals surface area contributed by atoms with Crippen LogP contribution in [0.5, 0.6) is 5.75 Å². The third-order valence-electron chi connectivity index (χ3n) is 9.87. The van der Waals surface area contributed by atoms with Crippen LogP contribution < -0.4 is 9.64 Å². The second kappa shape index (κ2) is 12.1. The quantitative estimate of drug-likeness (QED) is 0.185. The fourth-order valence-corrected chi connectivity index (χ4v) is 8.85. The van der Waals surface area contributed by atoms with Crippen molar-refractivity contribution >= 4 is 66.5 Å². The fourth-order valence-electron chi connectivity index (χ4n) is 7.46. The Morgan fingerprint density at radius 3 is 2.04 bits per heavy atom. The predicted octanol–water partition coefficient (Wildman–Crippen LogP) is 10.9. The van der Waals surface area contributed by atoms with Crippen LogP contribution in [0.15, 0.2) is 125 Å². The number of thioether (sulfide) groups is 1. The minimum atomic E-state index is -0.814. The van der Waals surface area contributed by atoms with Gasteiger partial charge in [0.15, 0.2) is 12.0 Å². The van der Waals surface area contributed by atoms with Crippen molar-refractivity contribution in [2.24, 2.45) is 5.92 Å². The summed E-state index contributed by atoms with van der Waals surface area (Å²) in [7, 11) is 0. The van der Waals surface area contributed by atoms with Crippen molar-refractivity contribution in [2.75, 3.05) is 11.4 Å². The molecule has 2 unspecified atom stereocenters. The van der Waals surface area contributed by atoms with Gasteiger partial charge < -0.3 is 14.7 Å². The van der Waals surface area contributed by atoms with E-state index in [4.69, 9.17) is 4.74 Å². The number of aliphatic carboxylic acids is 1. The summed E-state index contributed by atoms with van der Waals surface area (Å²) >= 11 is 1.93. The molecule has 0 aliphatic carbocycles. The van der Waals surface area contributed by atoms with Crippen LogP contribution in [0.2, 0.25) is 0 Å². The first-order valence-corrected chi connectivity index (χ1v) is 17.4. The zero-order valence-electron chi connectivity index (χ0n) is 26.7. The van der Waals surface area contributed by atoms with E-state index in [-0.39, 0.29) is 6.42 Å². The van der Waals surface area contributed by atoms with Gasteiger partial charge in [0.05, 0.1) is 12.1 Å². The summed E-state index contributed by atoms with van der Waals surface area (Å²) in [5.74, 6) is 0.419. The summed E-state index contributed by atoms with van der Waals surface area (Å²) in [4.78, 5) is 16.7. The summed E-state index contributed by atoms with van der Waals surface area (Å²) in [6.45, 7) is 4.90. The molecule has 8 rings (SSSR count). The number of anilines is 1. The Kier molecular flexibility index (Phi) is 7.65. The van der Waals surface area contributed by atoms with E-state index < -0.39 is 12.2 Å². The van der Waals surface area contributed by atoms with Gasteiger partial charge in [-0.05, 0) is 85.7 Å². The molecule has 0 aromatic heterocycles. The third-order valence-corrected chi connectivity index (χ3v) is 11.3. The molecule has 6 aromatic carbocycles. The Labute approximate surface area is 279 Å². The van der Waals surface area contributed by atoms with Crippen LogP contribution >= 0.6 is 11.8 Å². The molecule has 0 bridgehead atoms. The SMILES string of the molecule is CCC(/C=C1\Sc2c(c3ccccc3c3ccccc23)CCC1C)=C\C1Oc2c(c3ccccc3c3ccccc23)N1CCC(=O)O. The van der Waals surface area contributed by atoms with Gasteiger partial charge in [-0.3, -0.25) is 4.79 Å². The van der Waals surface area contributed by atoms with Crippen molar-refractivity contribution in [1.29, 1.82) is 0 Å². The molecule has 5 heteroatoms. The molecule has 2 heterocycles. The minimum absolute atomic E-state index is 0.0293. The lowest BCUT2D eigenvalue weighted by Gasteiger charge is -2.24. The van der Waals surface area contributed by atoms with Gasteiger partial charge in [-0.2, -0.15) is 0 Å². The molecule has 2 atom stereocenters. The van der Waals surface area contributed by atoms with Gasteiger partial charge in [0, 0.05) is 22.2 Å². The molecule has 6 aromatic rings. The number of aryl methyl sites for hydroxylation is 1. The van der Waals surface area contributed by atoms with E-state index in [0.29, 0.717) is 12.5 Å². The number of rotatable bonds is 6. The van der Waals surface area contributed by atoms with Gasteiger partial charge >= 0.3 is 5.97 Å². The summed E-state index contributed by atoms with van der Waals surface area (Å²) in [5.41, 5.74) is 3.63. The number of nitrogens with zero attached hydrogens (tertiary/aromatic N) is 1. The highest BCUT2D eigenvalue weighted by atomic mass is 32.2. The highest BCUT2D eigenvalue weighted by Gasteiger charge is 2.34. The van der Waals surface area contributed by atoms with Crippen molar-refractivity contribution in [3.8, 4) is 5.75 Å². The van der Waals surface area contributed by atoms with Gasteiger partial charge in [0.25, 0.3) is 0 Å². The predicted molar refractivity (Wildman–Crippen MR) is 197 cm³/mol. The van der Waals surface area contributed by atoms with Gasteiger partial charge in [-0.15, -0.1) is 0 Å². The van der Waals surface area contributed by atoms with E-state index >= 15 is 0 Å². The Hall–Kier alpha value is -4.74. The average molecular weight is 636 g/mol. The summed E-state index contributed by atoms with van der Waals surface area (Å²) in [6, 6.07) is 34.4. The molecular weight excluding hydrogens is 599 g/mol. The van der Waals surface area contributed by atoms with E-state index in [0.717, 1.165) is 52.2 Å². The highest BCUT2D eigenvalue weighted by molar-refractivity contribution is 8.03. The van der Waals surface area contributed by atoms with Crippen molar-refractivity contribution in [3.63, 3.8) is 0 Å². The molecule has 0 saturated carbocycles. The molecule has 1 N–H and O–H groups in total. The second-order valence-electron chi connectivity index (χ2n) is 12.7. The lowest BCUT2D eigenvalue weighted by atomic mass is 9.92. The van der Waals surface area contributed by atoms with Crippen LogP contribution in [0.4, 0.5) is 5.69 Å². The normalized spacial score (nSPS) is 18.9. The smallest absolute Gasteiger partial charge is 0.305 e. The van der Waals surface area contributed by atoms with E-state index in [9.17, 15) is 9.90 Å². The molecule has 0 fully saturated rings. The van der Waals surface area contributed by atoms with Crippen molar-refractivity contribution in [1.82, 2.24) is 0 Å². The molecule has 2 aliphatic rings. The molecule has 0 radical (unpaired) electrons. The van der Waals surface area contributed by atoms with Gasteiger partial charge in [0.1, 0.15) is 0 Å². The number of carboxylic acids is 1. The first kappa shape index (κ1) is 29.6. The molecule has 47 heavy (non-hydrogen) atoms. The lowest BCUT2D eigenvalue weighted by Crippen LogP contribution is -2.35. The van der Waals surface area contributed by atoms with Crippen LogP contribution in [0.25, 0.3) is 43.1 Å². The Morgan fingerprint density at radius 1 is 0.830 bits per heavy atom. The lowest BCUT2D eigenvalue weighted by molar-refractivity contribution is -0.136. The molecule has 234 valence electrons. The molecule has 4 nitrogen and oxygen atoms in total. The topological polar surface area (TPSA) is 49.8 Å². The summed E-state index contributed by atoms with van der Waals surface area (Å²) in [6.07, 6.45) is 7.19. The van der Waals surface area contributed by atoms with Gasteiger partial charge in [-0.1, -0.05) is 123 Å². The van der Waals surface area contributed by atoms with Crippen LogP contribution in [0, 0.1) is 5.92 Å². The maximum atomic E-state index is 11.8. The highest BCUT2D eigenvalue weighted by Crippen LogP contribution is 2.50. The number of carboxylic acid groups (broad SMARTS) is 1. The number of benzene rings is 6. The number of carbonyl (C=O) groups is 1. The first-order valence-electron chi connectivity index (χ1n) is 16.6. The zero-order chi connectivity index (χ0) is 32.1. The van der Waals surface area contributed by atoms with E-state index in [1.54, 1.807) is 0 Å². The summed E-state index contributed by atoms with van der Waals surface area (Å²) < 4.78 is 6.83. The van der Waals surface area contributed by atoms with Crippen LogP contribution in [0.1, 0.15) is 38.7 Å². The Morgan fingerprint density at radius 2 is 1.38 bits per heavy atom. The van der Waals surface area contributed by atoms with E-state index in [2.05, 4.69) is 116 Å². The van der Waals surface area contributed by atoms with Gasteiger partial charge in [0.2, 0.25) is 0 Å². The second-order valence-corrected chi connectivity index (χ2v) is 13.8. The number of allylic oxidation sites excluding steroid dienone is 3. The monoisotopic (exact) mass is 635 g/mol. The number of hydrogen-bond acceptors (Lipinski definition) is 4. The third kappa shape index (κ3) is 5.14. The van der Waals surface area contributed by atoms with E-state index in [1.165, 1.54) is 42.5 Å². The number of hydrogen-bond donors (Lipinski definition) is 1. The van der Waals surface area contributed by atoms with Crippen LogP contribution in [-0.2, 0) is 11.2 Å². The fraction of sp³-hybridized carbons (Fsp3) is 0.214. The van der Waals surface area contributed by atoms with Crippen LogP contribution in [-0.4, -0.2) is 23.8 Å². The molecule has 2 aliphatic heterocycles. The van der Waals surface area contributed by atoms with Crippen molar-refractivity contribution in [3.05, 3.63) is 125 Å². The molecular formula is C42H37NO3S. The van der Waals surface area contributed by atoms with Gasteiger partial charge in [-0.25, -0.2) is 0 Å². The Balaban J connectivity index is 1.24. The van der Waals surface area contributed by atoms with E-state index in [1.807, 2.05) is 23.9 Å². The molecule has 0 saturated heterocycles. The zero-order valence-corrected chi connectivity index (χ0v) is 27.5. The number of fused-ring (bicyclic) bond motifs is 12. The average Bonchev–Trinajstić information content (AvgIpc) is 3.38. The van der Waals surface area contributed by atoms with Crippen molar-refractivity contribution < 1.29 is 14.6 Å². The molecule has 0 amide bonds. The summed E-state index contributed by atoms with van der Waals surface area (Å²) in [5, 5.41) is 19.5. The van der Waals surface area contributed by atoms with Crippen LogP contribution in [0.3, 0.4) is 0 Å². The first-order chi connectivity index (χ1) is 23.0. The molecule has 0 spiro atoms. The Bertz CT molecular complexity index is 2270. The number of ether oxygens (including phenoxy) is 1. The maximum Gasteiger partial charge on any atom is 0.305 e.